The van der Waals surface area contributed by atoms with Gasteiger partial charge in [-0.2, -0.15) is 5.26 Å². The largest absolute Gasteiger partial charge is 0.481 e. The number of nitrogens with one attached hydrogen (secondary N) is 1. The smallest absolute Gasteiger partial charge is 0.212 e. The zero-order valence-corrected chi connectivity index (χ0v) is 11.8. The zero-order chi connectivity index (χ0) is 14.5. The predicted molar refractivity (Wildman–Crippen MR) is 76.5 cm³/mol. The van der Waals surface area contributed by atoms with Crippen LogP contribution < -0.4 is 10.1 Å². The Morgan fingerprint density at radius 3 is 2.75 bits per heavy atom. The number of ether oxygens (including phenoxy) is 1. The second-order valence-corrected chi connectivity index (χ2v) is 4.48. The molecule has 0 saturated heterocycles. The van der Waals surface area contributed by atoms with Crippen LogP contribution in [0.15, 0.2) is 24.4 Å². The molecule has 20 heavy (non-hydrogen) atoms. The van der Waals surface area contributed by atoms with Gasteiger partial charge in [-0.15, -0.1) is 0 Å². The van der Waals surface area contributed by atoms with Crippen LogP contribution >= 0.6 is 0 Å². The fourth-order valence-electron chi connectivity index (χ4n) is 1.93. The minimum atomic E-state index is 0.557. The Labute approximate surface area is 118 Å². The number of methoxy groups -OCH3 is 1. The molecule has 2 rings (SSSR count). The van der Waals surface area contributed by atoms with Crippen LogP contribution in [0.5, 0.6) is 5.88 Å². The van der Waals surface area contributed by atoms with Crippen LogP contribution in [-0.4, -0.2) is 17.1 Å². The van der Waals surface area contributed by atoms with Gasteiger partial charge in [0.05, 0.1) is 12.7 Å². The second-order valence-electron chi connectivity index (χ2n) is 4.48. The van der Waals surface area contributed by atoms with E-state index >= 15 is 0 Å². The number of pyridine rings is 2. The van der Waals surface area contributed by atoms with Gasteiger partial charge in [0.25, 0.3) is 0 Å². The normalized spacial score (nSPS) is 9.90. The first-order chi connectivity index (χ1) is 9.63. The molecule has 5 heteroatoms. The van der Waals surface area contributed by atoms with Crippen LogP contribution in [0.2, 0.25) is 0 Å². The van der Waals surface area contributed by atoms with Crippen LogP contribution in [0.1, 0.15) is 22.4 Å². The van der Waals surface area contributed by atoms with Gasteiger partial charge in [-0.3, -0.25) is 0 Å². The molecule has 0 saturated carbocycles. The monoisotopic (exact) mass is 268 g/mol. The van der Waals surface area contributed by atoms with Gasteiger partial charge in [-0.25, -0.2) is 9.97 Å². The number of anilines is 1. The van der Waals surface area contributed by atoms with Crippen LogP contribution in [-0.2, 0) is 6.54 Å². The average molecular weight is 268 g/mol. The summed E-state index contributed by atoms with van der Waals surface area (Å²) in [6, 6.07) is 7.81. The number of hydrogen-bond acceptors (Lipinski definition) is 5. The van der Waals surface area contributed by atoms with E-state index < -0.39 is 0 Å². The molecule has 0 unspecified atom stereocenters. The van der Waals surface area contributed by atoms with Crippen molar-refractivity contribution in [3.63, 3.8) is 0 Å². The van der Waals surface area contributed by atoms with Gasteiger partial charge in [0, 0.05) is 24.5 Å². The molecule has 0 aliphatic heterocycles. The van der Waals surface area contributed by atoms with Crippen LogP contribution in [0.25, 0.3) is 0 Å². The lowest BCUT2D eigenvalue weighted by Crippen LogP contribution is -2.06. The molecule has 1 N–H and O–H groups in total. The molecule has 0 aliphatic carbocycles. The SMILES string of the molecule is COc1ccc(CNc2nc(C)cc(C)c2C#N)cn1. The van der Waals surface area contributed by atoms with Crippen molar-refractivity contribution in [3.8, 4) is 11.9 Å². The third kappa shape index (κ3) is 3.04. The van der Waals surface area contributed by atoms with Gasteiger partial charge in [0.1, 0.15) is 11.9 Å². The van der Waals surface area contributed by atoms with Gasteiger partial charge in [0.2, 0.25) is 5.88 Å². The number of nitriles is 1. The number of hydrogen-bond donors (Lipinski definition) is 1. The summed E-state index contributed by atoms with van der Waals surface area (Å²) in [5, 5.41) is 12.4. The summed E-state index contributed by atoms with van der Waals surface area (Å²) in [6.07, 6.45) is 1.74. The highest BCUT2D eigenvalue weighted by Crippen LogP contribution is 2.18. The lowest BCUT2D eigenvalue weighted by atomic mass is 10.1. The van der Waals surface area contributed by atoms with Crippen molar-refractivity contribution in [3.05, 3.63) is 46.8 Å². The first kappa shape index (κ1) is 13.8. The minimum absolute atomic E-state index is 0.557. The third-order valence-corrected chi connectivity index (χ3v) is 2.92. The lowest BCUT2D eigenvalue weighted by Gasteiger charge is -2.10. The van der Waals surface area contributed by atoms with E-state index in [0.717, 1.165) is 16.8 Å². The molecular weight excluding hydrogens is 252 g/mol. The molecular formula is C15H16N4O. The average Bonchev–Trinajstić information content (AvgIpc) is 2.45. The Morgan fingerprint density at radius 1 is 1.35 bits per heavy atom. The summed E-state index contributed by atoms with van der Waals surface area (Å²) >= 11 is 0. The molecule has 0 radical (unpaired) electrons. The Kier molecular flexibility index (Phi) is 4.16. The van der Waals surface area contributed by atoms with Crippen LogP contribution in [0.4, 0.5) is 5.82 Å². The molecule has 2 aromatic rings. The maximum atomic E-state index is 9.20. The van der Waals surface area contributed by atoms with Gasteiger partial charge < -0.3 is 10.1 Å². The third-order valence-electron chi connectivity index (χ3n) is 2.92. The summed E-state index contributed by atoms with van der Waals surface area (Å²) in [5.74, 6) is 1.19. The van der Waals surface area contributed by atoms with E-state index in [4.69, 9.17) is 4.74 Å². The molecule has 0 atom stereocenters. The Balaban J connectivity index is 2.16. The fourth-order valence-corrected chi connectivity index (χ4v) is 1.93. The first-order valence-electron chi connectivity index (χ1n) is 6.25. The molecule has 5 nitrogen and oxygen atoms in total. The van der Waals surface area contributed by atoms with Gasteiger partial charge >= 0.3 is 0 Å². The Bertz CT molecular complexity index is 644. The molecule has 0 amide bonds. The van der Waals surface area contributed by atoms with Crippen LogP contribution in [0, 0.1) is 25.2 Å². The van der Waals surface area contributed by atoms with Gasteiger partial charge in [-0.05, 0) is 31.0 Å². The van der Waals surface area contributed by atoms with Gasteiger partial charge in [-0.1, -0.05) is 6.07 Å². The number of rotatable bonds is 4. The van der Waals surface area contributed by atoms with E-state index in [9.17, 15) is 5.26 Å². The van der Waals surface area contributed by atoms with E-state index in [2.05, 4.69) is 21.4 Å². The summed E-state index contributed by atoms with van der Waals surface area (Å²) in [7, 11) is 1.58. The van der Waals surface area contributed by atoms with E-state index in [1.54, 1.807) is 19.4 Å². The standard InChI is InChI=1S/C15H16N4O/c1-10-6-11(2)19-15(13(10)7-16)18-9-12-4-5-14(20-3)17-8-12/h4-6,8H,9H2,1-3H3,(H,18,19). The van der Waals surface area contributed by atoms with E-state index in [0.29, 0.717) is 23.8 Å². The van der Waals surface area contributed by atoms with Crippen molar-refractivity contribution in [2.24, 2.45) is 0 Å². The molecule has 0 aliphatic rings. The Hall–Kier alpha value is -2.61. The van der Waals surface area contributed by atoms with Crippen molar-refractivity contribution in [2.45, 2.75) is 20.4 Å². The molecule has 0 aromatic carbocycles. The summed E-state index contributed by atoms with van der Waals surface area (Å²) < 4.78 is 5.01. The summed E-state index contributed by atoms with van der Waals surface area (Å²) in [5.41, 5.74) is 3.39. The predicted octanol–water partition coefficient (Wildman–Crippen LogP) is 2.59. The zero-order valence-electron chi connectivity index (χ0n) is 11.8. The highest BCUT2D eigenvalue weighted by Gasteiger charge is 2.08. The van der Waals surface area contributed by atoms with E-state index in [1.807, 2.05) is 26.0 Å². The number of aromatic nitrogens is 2. The maximum Gasteiger partial charge on any atom is 0.212 e. The van der Waals surface area contributed by atoms with E-state index in [-0.39, 0.29) is 0 Å². The van der Waals surface area contributed by atoms with Crippen LogP contribution in [0.3, 0.4) is 0 Å². The fraction of sp³-hybridized carbons (Fsp3) is 0.267. The van der Waals surface area contributed by atoms with Crippen molar-refractivity contribution >= 4 is 5.82 Å². The number of aryl methyl sites for hydroxylation is 2. The summed E-state index contributed by atoms with van der Waals surface area (Å²) in [4.78, 5) is 8.51. The minimum Gasteiger partial charge on any atom is -0.481 e. The molecule has 0 spiro atoms. The van der Waals surface area contributed by atoms with Crippen molar-refractivity contribution in [1.29, 1.82) is 5.26 Å². The topological polar surface area (TPSA) is 70.8 Å². The van der Waals surface area contributed by atoms with Gasteiger partial charge in [0.15, 0.2) is 0 Å². The van der Waals surface area contributed by atoms with Crippen molar-refractivity contribution in [1.82, 2.24) is 9.97 Å². The lowest BCUT2D eigenvalue weighted by molar-refractivity contribution is 0.397. The molecule has 102 valence electrons. The molecule has 0 fully saturated rings. The van der Waals surface area contributed by atoms with Crippen molar-refractivity contribution < 1.29 is 4.74 Å². The molecule has 0 bridgehead atoms. The number of nitrogens with zero attached hydrogens (tertiary/aromatic N) is 3. The first-order valence-corrected chi connectivity index (χ1v) is 6.25. The highest BCUT2D eigenvalue weighted by atomic mass is 16.5. The quantitative estimate of drug-likeness (QED) is 0.922. The maximum absolute atomic E-state index is 9.20. The molecule has 2 heterocycles. The highest BCUT2D eigenvalue weighted by molar-refractivity contribution is 5.56. The Morgan fingerprint density at radius 2 is 2.15 bits per heavy atom. The molecule has 2 aromatic heterocycles. The second kappa shape index (κ2) is 6.02. The van der Waals surface area contributed by atoms with Crippen molar-refractivity contribution in [2.75, 3.05) is 12.4 Å². The summed E-state index contributed by atoms with van der Waals surface area (Å²) in [6.45, 7) is 4.38. The van der Waals surface area contributed by atoms with E-state index in [1.165, 1.54) is 0 Å².